The fraction of sp³-hybridized carbons (Fsp3) is 0.417. The van der Waals surface area contributed by atoms with Gasteiger partial charge in [-0.25, -0.2) is 0 Å². The Kier molecular flexibility index (Phi) is 4.01. The molecule has 0 amide bonds. The first kappa shape index (κ1) is 13.8. The van der Waals surface area contributed by atoms with Gasteiger partial charge in [0.1, 0.15) is 11.1 Å². The molecule has 19 heavy (non-hydrogen) atoms. The standard InChI is InChI=1S/C12H13ClN2O4/c13-9-4-3-8(6-11(9)15(18)19)7-14-5-1-2-10(14)12(16)17/h3-4,6,10H,1-2,5,7H2,(H,16,17)/t10-/m0/s1. The first-order valence-electron chi connectivity index (χ1n) is 5.88. The van der Waals surface area contributed by atoms with Gasteiger partial charge in [0.25, 0.3) is 5.69 Å². The van der Waals surface area contributed by atoms with Gasteiger partial charge in [0, 0.05) is 12.6 Å². The summed E-state index contributed by atoms with van der Waals surface area (Å²) >= 11 is 5.74. The second-order valence-electron chi connectivity index (χ2n) is 4.51. The van der Waals surface area contributed by atoms with Gasteiger partial charge >= 0.3 is 5.97 Å². The van der Waals surface area contributed by atoms with Gasteiger partial charge in [0.05, 0.1) is 4.92 Å². The largest absolute Gasteiger partial charge is 0.480 e. The van der Waals surface area contributed by atoms with Crippen LogP contribution in [0, 0.1) is 10.1 Å². The highest BCUT2D eigenvalue weighted by atomic mass is 35.5. The smallest absolute Gasteiger partial charge is 0.320 e. The molecular formula is C12H13ClN2O4. The minimum atomic E-state index is -0.846. The summed E-state index contributed by atoms with van der Waals surface area (Å²) in [7, 11) is 0. The number of rotatable bonds is 4. The van der Waals surface area contributed by atoms with Crippen molar-refractivity contribution < 1.29 is 14.8 Å². The molecule has 1 aromatic rings. The van der Waals surface area contributed by atoms with Crippen LogP contribution in [0.2, 0.25) is 5.02 Å². The molecule has 0 aliphatic carbocycles. The van der Waals surface area contributed by atoms with Crippen LogP contribution in [0.4, 0.5) is 5.69 Å². The fourth-order valence-electron chi connectivity index (χ4n) is 2.33. The summed E-state index contributed by atoms with van der Waals surface area (Å²) in [6.45, 7) is 1.07. The highest BCUT2D eigenvalue weighted by Crippen LogP contribution is 2.27. The van der Waals surface area contributed by atoms with E-state index in [0.717, 1.165) is 6.42 Å². The van der Waals surface area contributed by atoms with Gasteiger partial charge in [-0.1, -0.05) is 17.7 Å². The van der Waals surface area contributed by atoms with E-state index in [9.17, 15) is 14.9 Å². The molecule has 0 radical (unpaired) electrons. The quantitative estimate of drug-likeness (QED) is 0.677. The molecule has 1 heterocycles. The molecule has 1 N–H and O–H groups in total. The number of nitrogens with zero attached hydrogens (tertiary/aromatic N) is 2. The molecule has 0 spiro atoms. The van der Waals surface area contributed by atoms with Crippen LogP contribution in [-0.2, 0) is 11.3 Å². The van der Waals surface area contributed by atoms with Crippen molar-refractivity contribution in [3.05, 3.63) is 38.9 Å². The summed E-state index contributed by atoms with van der Waals surface area (Å²) in [5.41, 5.74) is 0.550. The monoisotopic (exact) mass is 284 g/mol. The lowest BCUT2D eigenvalue weighted by Gasteiger charge is -2.20. The molecule has 1 aliphatic heterocycles. The third-order valence-electron chi connectivity index (χ3n) is 3.24. The minimum absolute atomic E-state index is 0.0879. The lowest BCUT2D eigenvalue weighted by Crippen LogP contribution is -2.35. The van der Waals surface area contributed by atoms with Crippen molar-refractivity contribution in [2.45, 2.75) is 25.4 Å². The summed E-state index contributed by atoms with van der Waals surface area (Å²) in [5, 5.41) is 20.0. The number of halogens is 1. The lowest BCUT2D eigenvalue weighted by atomic mass is 10.1. The number of nitro groups is 1. The van der Waals surface area contributed by atoms with E-state index in [1.165, 1.54) is 12.1 Å². The highest BCUT2D eigenvalue weighted by molar-refractivity contribution is 6.32. The van der Waals surface area contributed by atoms with Crippen molar-refractivity contribution in [1.82, 2.24) is 4.90 Å². The predicted molar refractivity (Wildman–Crippen MR) is 69.2 cm³/mol. The highest BCUT2D eigenvalue weighted by Gasteiger charge is 2.30. The van der Waals surface area contributed by atoms with Crippen LogP contribution in [0.25, 0.3) is 0 Å². The van der Waals surface area contributed by atoms with E-state index in [-0.39, 0.29) is 10.7 Å². The zero-order valence-corrected chi connectivity index (χ0v) is 10.8. The van der Waals surface area contributed by atoms with Crippen LogP contribution in [0.5, 0.6) is 0 Å². The second kappa shape index (κ2) is 5.54. The van der Waals surface area contributed by atoms with Crippen molar-refractivity contribution in [3.8, 4) is 0 Å². The Morgan fingerprint density at radius 3 is 2.95 bits per heavy atom. The van der Waals surface area contributed by atoms with Gasteiger partial charge in [-0.3, -0.25) is 19.8 Å². The van der Waals surface area contributed by atoms with Crippen molar-refractivity contribution in [2.75, 3.05) is 6.54 Å². The Hall–Kier alpha value is -1.66. The first-order valence-corrected chi connectivity index (χ1v) is 6.26. The SMILES string of the molecule is O=C(O)[C@@H]1CCCN1Cc1ccc(Cl)c([N+](=O)[O-])c1. The molecule has 1 saturated heterocycles. The van der Waals surface area contributed by atoms with E-state index in [1.54, 1.807) is 6.07 Å². The van der Waals surface area contributed by atoms with Crippen LogP contribution in [0.1, 0.15) is 18.4 Å². The van der Waals surface area contributed by atoms with Crippen LogP contribution < -0.4 is 0 Å². The zero-order valence-electron chi connectivity index (χ0n) is 10.1. The van der Waals surface area contributed by atoms with E-state index in [4.69, 9.17) is 16.7 Å². The molecule has 7 heteroatoms. The van der Waals surface area contributed by atoms with Gasteiger partial charge in [-0.2, -0.15) is 0 Å². The number of carboxylic acids is 1. The molecule has 0 unspecified atom stereocenters. The average molecular weight is 285 g/mol. The van der Waals surface area contributed by atoms with Crippen molar-refractivity contribution >= 4 is 23.3 Å². The molecule has 1 aromatic carbocycles. The average Bonchev–Trinajstić information content (AvgIpc) is 2.79. The third-order valence-corrected chi connectivity index (χ3v) is 3.56. The predicted octanol–water partition coefficient (Wildman–Crippen LogP) is 2.30. The number of likely N-dealkylation sites (tertiary alicyclic amines) is 1. The Balaban J connectivity index is 2.17. The Morgan fingerprint density at radius 1 is 1.58 bits per heavy atom. The number of hydrogen-bond donors (Lipinski definition) is 1. The number of aliphatic carboxylic acids is 1. The van der Waals surface area contributed by atoms with Gasteiger partial charge < -0.3 is 5.11 Å². The fourth-order valence-corrected chi connectivity index (χ4v) is 2.51. The van der Waals surface area contributed by atoms with Crippen LogP contribution >= 0.6 is 11.6 Å². The van der Waals surface area contributed by atoms with E-state index >= 15 is 0 Å². The number of carbonyl (C=O) groups is 1. The van der Waals surface area contributed by atoms with Crippen molar-refractivity contribution in [2.24, 2.45) is 0 Å². The Labute approximate surface area is 114 Å². The summed E-state index contributed by atoms with van der Waals surface area (Å²) in [6, 6.07) is 4.06. The molecule has 1 fully saturated rings. The number of nitro benzene ring substituents is 1. The van der Waals surface area contributed by atoms with Crippen LogP contribution in [0.15, 0.2) is 18.2 Å². The summed E-state index contributed by atoms with van der Waals surface area (Å²) in [4.78, 5) is 23.1. The number of hydrogen-bond acceptors (Lipinski definition) is 4. The molecule has 1 atom stereocenters. The van der Waals surface area contributed by atoms with Crippen molar-refractivity contribution in [3.63, 3.8) is 0 Å². The molecule has 0 saturated carbocycles. The molecule has 0 aromatic heterocycles. The molecule has 2 rings (SSSR count). The van der Waals surface area contributed by atoms with Crippen LogP contribution in [-0.4, -0.2) is 33.5 Å². The second-order valence-corrected chi connectivity index (χ2v) is 4.92. The minimum Gasteiger partial charge on any atom is -0.480 e. The maximum atomic E-state index is 11.1. The summed E-state index contributed by atoms with van der Waals surface area (Å²) in [5.74, 6) is -0.846. The molecule has 1 aliphatic rings. The van der Waals surface area contributed by atoms with Gasteiger partial charge in [0.15, 0.2) is 0 Å². The van der Waals surface area contributed by atoms with Gasteiger partial charge in [-0.15, -0.1) is 0 Å². The van der Waals surface area contributed by atoms with E-state index in [0.29, 0.717) is 25.1 Å². The van der Waals surface area contributed by atoms with Gasteiger partial charge in [0.2, 0.25) is 0 Å². The summed E-state index contributed by atoms with van der Waals surface area (Å²) in [6.07, 6.45) is 1.44. The van der Waals surface area contributed by atoms with Gasteiger partial charge in [-0.05, 0) is 31.0 Å². The van der Waals surface area contributed by atoms with Crippen LogP contribution in [0.3, 0.4) is 0 Å². The normalized spacial score (nSPS) is 19.5. The maximum absolute atomic E-state index is 11.1. The number of benzene rings is 1. The lowest BCUT2D eigenvalue weighted by molar-refractivity contribution is -0.384. The topological polar surface area (TPSA) is 83.7 Å². The summed E-state index contributed by atoms with van der Waals surface area (Å²) < 4.78 is 0. The van der Waals surface area contributed by atoms with E-state index in [1.807, 2.05) is 4.90 Å². The molecule has 0 bridgehead atoms. The Morgan fingerprint density at radius 2 is 2.32 bits per heavy atom. The Bertz CT molecular complexity index is 520. The van der Waals surface area contributed by atoms with E-state index in [2.05, 4.69) is 0 Å². The first-order chi connectivity index (χ1) is 8.99. The molecular weight excluding hydrogens is 272 g/mol. The zero-order chi connectivity index (χ0) is 14.0. The third kappa shape index (κ3) is 3.02. The molecule has 6 nitrogen and oxygen atoms in total. The van der Waals surface area contributed by atoms with E-state index < -0.39 is 16.9 Å². The van der Waals surface area contributed by atoms with Crippen molar-refractivity contribution in [1.29, 1.82) is 0 Å². The number of carboxylic acid groups (broad SMARTS) is 1. The maximum Gasteiger partial charge on any atom is 0.320 e. The molecule has 102 valence electrons.